The summed E-state index contributed by atoms with van der Waals surface area (Å²) in [4.78, 5) is 14.9. The second kappa shape index (κ2) is 6.39. The van der Waals surface area contributed by atoms with E-state index in [-0.39, 0.29) is 5.91 Å². The summed E-state index contributed by atoms with van der Waals surface area (Å²) in [6, 6.07) is 11.3. The predicted octanol–water partition coefficient (Wildman–Crippen LogP) is 3.36. The van der Waals surface area contributed by atoms with Gasteiger partial charge in [-0.15, -0.1) is 0 Å². The van der Waals surface area contributed by atoms with E-state index >= 15 is 0 Å². The summed E-state index contributed by atoms with van der Waals surface area (Å²) in [5.41, 5.74) is 4.34. The van der Waals surface area contributed by atoms with E-state index in [0.717, 1.165) is 28.6 Å². The standard InChI is InChI=1S/C19H19BrN2O3S/c1-26(24,25)22-10-8-14-11-15(4-6-18(14)22)19(23)21-9-2-3-13-12-16(20)5-7-17(13)21/h4-7,11-12H,2-3,8-10H2,1H3. The molecule has 2 heterocycles. The average Bonchev–Trinajstić information content (AvgIpc) is 3.03. The fraction of sp³-hybridized carbons (Fsp3) is 0.316. The number of carbonyl (C=O) groups excluding carboxylic acids is 1. The second-order valence-corrected chi connectivity index (χ2v) is 9.58. The van der Waals surface area contributed by atoms with Gasteiger partial charge in [0, 0.05) is 28.8 Å². The third kappa shape index (κ3) is 3.03. The zero-order chi connectivity index (χ0) is 18.5. The summed E-state index contributed by atoms with van der Waals surface area (Å²) in [6.45, 7) is 1.13. The first-order chi connectivity index (χ1) is 12.3. The molecule has 2 aromatic carbocycles. The van der Waals surface area contributed by atoms with Gasteiger partial charge in [0.1, 0.15) is 0 Å². The van der Waals surface area contributed by atoms with Gasteiger partial charge in [0.15, 0.2) is 0 Å². The number of sulfonamides is 1. The van der Waals surface area contributed by atoms with E-state index in [1.807, 2.05) is 23.1 Å². The Bertz CT molecular complexity index is 1000. The molecule has 1 amide bonds. The lowest BCUT2D eigenvalue weighted by Crippen LogP contribution is -2.35. The molecule has 0 saturated heterocycles. The van der Waals surface area contributed by atoms with Gasteiger partial charge in [-0.2, -0.15) is 0 Å². The van der Waals surface area contributed by atoms with Crippen LogP contribution in [0.4, 0.5) is 11.4 Å². The van der Waals surface area contributed by atoms with Crippen LogP contribution in [0.15, 0.2) is 40.9 Å². The molecule has 5 nitrogen and oxygen atoms in total. The molecule has 0 fully saturated rings. The van der Waals surface area contributed by atoms with Crippen molar-refractivity contribution in [2.24, 2.45) is 0 Å². The summed E-state index contributed by atoms with van der Waals surface area (Å²) in [6.07, 6.45) is 3.74. The van der Waals surface area contributed by atoms with E-state index in [4.69, 9.17) is 0 Å². The highest BCUT2D eigenvalue weighted by atomic mass is 79.9. The Morgan fingerprint density at radius 2 is 1.73 bits per heavy atom. The smallest absolute Gasteiger partial charge is 0.258 e. The van der Waals surface area contributed by atoms with E-state index in [2.05, 4.69) is 22.0 Å². The summed E-state index contributed by atoms with van der Waals surface area (Å²) in [5, 5.41) is 0. The molecule has 2 aromatic rings. The number of fused-ring (bicyclic) bond motifs is 2. The monoisotopic (exact) mass is 434 g/mol. The van der Waals surface area contributed by atoms with Crippen LogP contribution < -0.4 is 9.21 Å². The fourth-order valence-electron chi connectivity index (χ4n) is 3.78. The van der Waals surface area contributed by atoms with Gasteiger partial charge in [0.05, 0.1) is 11.9 Å². The molecular weight excluding hydrogens is 416 g/mol. The molecule has 0 bridgehead atoms. The number of carbonyl (C=O) groups is 1. The van der Waals surface area contributed by atoms with Crippen molar-refractivity contribution in [1.29, 1.82) is 0 Å². The highest BCUT2D eigenvalue weighted by molar-refractivity contribution is 9.10. The highest BCUT2D eigenvalue weighted by Gasteiger charge is 2.29. The second-order valence-electron chi connectivity index (χ2n) is 6.76. The lowest BCUT2D eigenvalue weighted by Gasteiger charge is -2.30. The van der Waals surface area contributed by atoms with Crippen molar-refractivity contribution in [2.45, 2.75) is 19.3 Å². The molecule has 0 unspecified atom stereocenters. The maximum atomic E-state index is 13.1. The minimum absolute atomic E-state index is 0.0334. The Balaban J connectivity index is 1.67. The van der Waals surface area contributed by atoms with Crippen LogP contribution in [-0.4, -0.2) is 33.7 Å². The SMILES string of the molecule is CS(=O)(=O)N1CCc2cc(C(=O)N3CCCc4cc(Br)ccc43)ccc21. The highest BCUT2D eigenvalue weighted by Crippen LogP contribution is 2.33. The van der Waals surface area contributed by atoms with Crippen molar-refractivity contribution in [3.63, 3.8) is 0 Å². The zero-order valence-electron chi connectivity index (χ0n) is 14.4. The Morgan fingerprint density at radius 3 is 2.50 bits per heavy atom. The first-order valence-corrected chi connectivity index (χ1v) is 11.2. The van der Waals surface area contributed by atoms with Crippen molar-refractivity contribution in [2.75, 3.05) is 28.6 Å². The molecule has 0 radical (unpaired) electrons. The number of aryl methyl sites for hydroxylation is 1. The first kappa shape index (κ1) is 17.5. The summed E-state index contributed by atoms with van der Waals surface area (Å²) in [5.74, 6) is -0.0334. The Hall–Kier alpha value is -1.86. The molecule has 136 valence electrons. The lowest BCUT2D eigenvalue weighted by molar-refractivity contribution is 0.0985. The van der Waals surface area contributed by atoms with E-state index < -0.39 is 10.0 Å². The number of halogens is 1. The van der Waals surface area contributed by atoms with E-state index in [0.29, 0.717) is 30.8 Å². The van der Waals surface area contributed by atoms with Gasteiger partial charge in [-0.25, -0.2) is 8.42 Å². The quantitative estimate of drug-likeness (QED) is 0.727. The van der Waals surface area contributed by atoms with Gasteiger partial charge >= 0.3 is 0 Å². The molecular formula is C19H19BrN2O3S. The molecule has 2 aliphatic rings. The normalized spacial score (nSPS) is 16.4. The van der Waals surface area contributed by atoms with E-state index in [1.54, 1.807) is 12.1 Å². The molecule has 0 aromatic heterocycles. The summed E-state index contributed by atoms with van der Waals surface area (Å²) < 4.78 is 26.2. The maximum Gasteiger partial charge on any atom is 0.258 e. The van der Waals surface area contributed by atoms with Crippen molar-refractivity contribution in [3.8, 4) is 0 Å². The number of amides is 1. The van der Waals surface area contributed by atoms with Crippen LogP contribution in [0.3, 0.4) is 0 Å². The minimum atomic E-state index is -3.28. The molecule has 0 spiro atoms. The van der Waals surface area contributed by atoms with Gasteiger partial charge in [0.2, 0.25) is 10.0 Å². The van der Waals surface area contributed by atoms with Gasteiger partial charge in [0.25, 0.3) is 5.91 Å². The molecule has 0 atom stereocenters. The number of rotatable bonds is 2. The number of hydrogen-bond donors (Lipinski definition) is 0. The van der Waals surface area contributed by atoms with E-state index in [1.165, 1.54) is 16.1 Å². The predicted molar refractivity (Wildman–Crippen MR) is 106 cm³/mol. The first-order valence-electron chi connectivity index (χ1n) is 8.55. The molecule has 4 rings (SSSR count). The van der Waals surface area contributed by atoms with Gasteiger partial charge in [-0.1, -0.05) is 15.9 Å². The third-order valence-electron chi connectivity index (χ3n) is 4.99. The molecule has 2 aliphatic heterocycles. The van der Waals surface area contributed by atoms with Crippen LogP contribution in [0.25, 0.3) is 0 Å². The van der Waals surface area contributed by atoms with Crippen molar-refractivity contribution < 1.29 is 13.2 Å². The maximum absolute atomic E-state index is 13.1. The van der Waals surface area contributed by atoms with Gasteiger partial charge < -0.3 is 4.90 Å². The number of hydrogen-bond acceptors (Lipinski definition) is 3. The topological polar surface area (TPSA) is 57.7 Å². The fourth-order valence-corrected chi connectivity index (χ4v) is 5.15. The lowest BCUT2D eigenvalue weighted by atomic mass is 10.00. The molecule has 26 heavy (non-hydrogen) atoms. The summed E-state index contributed by atoms with van der Waals surface area (Å²) >= 11 is 3.49. The Morgan fingerprint density at radius 1 is 1.00 bits per heavy atom. The van der Waals surface area contributed by atoms with Crippen LogP contribution >= 0.6 is 15.9 Å². The Kier molecular flexibility index (Phi) is 4.31. The van der Waals surface area contributed by atoms with Crippen molar-refractivity contribution >= 4 is 43.2 Å². The van der Waals surface area contributed by atoms with Crippen LogP contribution in [0.1, 0.15) is 27.9 Å². The van der Waals surface area contributed by atoms with Crippen molar-refractivity contribution in [3.05, 3.63) is 57.6 Å². The van der Waals surface area contributed by atoms with Crippen LogP contribution in [0, 0.1) is 0 Å². The van der Waals surface area contributed by atoms with Crippen LogP contribution in [-0.2, 0) is 22.9 Å². The number of anilines is 2. The molecule has 0 saturated carbocycles. The molecule has 0 aliphatic carbocycles. The largest absolute Gasteiger partial charge is 0.308 e. The van der Waals surface area contributed by atoms with E-state index in [9.17, 15) is 13.2 Å². The van der Waals surface area contributed by atoms with Crippen LogP contribution in [0.2, 0.25) is 0 Å². The number of nitrogens with zero attached hydrogens (tertiary/aromatic N) is 2. The zero-order valence-corrected chi connectivity index (χ0v) is 16.8. The van der Waals surface area contributed by atoms with Crippen molar-refractivity contribution in [1.82, 2.24) is 0 Å². The number of benzene rings is 2. The molecule has 0 N–H and O–H groups in total. The third-order valence-corrected chi connectivity index (χ3v) is 6.66. The average molecular weight is 435 g/mol. The van der Waals surface area contributed by atoms with Crippen LogP contribution in [0.5, 0.6) is 0 Å². The molecule has 7 heteroatoms. The summed E-state index contributed by atoms with van der Waals surface area (Å²) in [7, 11) is -3.28. The minimum Gasteiger partial charge on any atom is -0.308 e. The Labute approximate surface area is 161 Å². The van der Waals surface area contributed by atoms with Gasteiger partial charge in [-0.05, 0) is 66.8 Å². The van der Waals surface area contributed by atoms with Gasteiger partial charge in [-0.3, -0.25) is 9.10 Å².